The molecule has 2 amide bonds. The zero-order valence-corrected chi connectivity index (χ0v) is 18.4. The number of carbonyl (C=O) groups excluding carboxylic acids is 2. The van der Waals surface area contributed by atoms with Crippen LogP contribution in [0.3, 0.4) is 0 Å². The first-order valence-electron chi connectivity index (χ1n) is 9.97. The number of ether oxygens (including phenoxy) is 2. The van der Waals surface area contributed by atoms with E-state index in [1.165, 1.54) is 0 Å². The van der Waals surface area contributed by atoms with Gasteiger partial charge in [0, 0.05) is 12.8 Å². The molecule has 3 N–H and O–H groups in total. The maximum atomic E-state index is 12.6. The number of hydrogen-bond donors (Lipinski definition) is 3. The number of quaternary nitrogens is 1. The zero-order valence-electron chi connectivity index (χ0n) is 18.4. The highest BCUT2D eigenvalue weighted by Crippen LogP contribution is 2.24. The van der Waals surface area contributed by atoms with Gasteiger partial charge in [0.05, 0.1) is 19.4 Å². The van der Waals surface area contributed by atoms with Crippen LogP contribution in [0.15, 0.2) is 36.4 Å². The van der Waals surface area contributed by atoms with Crippen molar-refractivity contribution in [2.24, 2.45) is 0 Å². The Bertz CT molecular complexity index is 883. The fourth-order valence-electron chi connectivity index (χ4n) is 3.13. The third-order valence-corrected chi connectivity index (χ3v) is 4.99. The number of nitrogens with one attached hydrogen (secondary N) is 3. The van der Waals surface area contributed by atoms with Crippen LogP contribution >= 0.6 is 0 Å². The molecule has 2 aromatic rings. The van der Waals surface area contributed by atoms with Crippen molar-refractivity contribution >= 4 is 23.2 Å². The third kappa shape index (κ3) is 6.86. The van der Waals surface area contributed by atoms with Gasteiger partial charge in [0.1, 0.15) is 12.3 Å². The number of rotatable bonds is 10. The van der Waals surface area contributed by atoms with Crippen LogP contribution in [0, 0.1) is 20.8 Å². The molecule has 0 saturated heterocycles. The van der Waals surface area contributed by atoms with Crippen molar-refractivity contribution in [1.29, 1.82) is 0 Å². The standard InChI is InChI=1S/C23H31N3O4/c1-16-9-10-21(30-5)20(13-16)25-23(28)15-26(11-12-29-4)14-22(27)24-19-8-6-7-17(2)18(19)3/h6-10,13H,11-12,14-15H2,1-5H3,(H,24,27)(H,25,28)/p+1. The van der Waals surface area contributed by atoms with Gasteiger partial charge < -0.3 is 25.0 Å². The predicted molar refractivity (Wildman–Crippen MR) is 118 cm³/mol. The van der Waals surface area contributed by atoms with Crippen LogP contribution in [0.4, 0.5) is 11.4 Å². The predicted octanol–water partition coefficient (Wildman–Crippen LogP) is 1.73. The van der Waals surface area contributed by atoms with E-state index in [1.54, 1.807) is 14.2 Å². The third-order valence-electron chi connectivity index (χ3n) is 4.99. The first kappa shape index (κ1) is 23.4. The van der Waals surface area contributed by atoms with Crippen LogP contribution in [0.5, 0.6) is 5.75 Å². The van der Waals surface area contributed by atoms with Gasteiger partial charge in [-0.1, -0.05) is 18.2 Å². The molecule has 0 aliphatic rings. The molecular formula is C23H32N3O4+. The fraction of sp³-hybridized carbons (Fsp3) is 0.391. The summed E-state index contributed by atoms with van der Waals surface area (Å²) in [5.41, 5.74) is 4.58. The highest BCUT2D eigenvalue weighted by molar-refractivity contribution is 5.94. The topological polar surface area (TPSA) is 81.1 Å². The summed E-state index contributed by atoms with van der Waals surface area (Å²) in [4.78, 5) is 26.1. The minimum absolute atomic E-state index is 0.140. The molecule has 0 spiro atoms. The molecule has 1 atom stereocenters. The van der Waals surface area contributed by atoms with Crippen molar-refractivity contribution in [3.05, 3.63) is 53.1 Å². The average molecular weight is 415 g/mol. The van der Waals surface area contributed by atoms with E-state index in [1.807, 2.05) is 57.2 Å². The van der Waals surface area contributed by atoms with E-state index in [0.29, 0.717) is 24.6 Å². The number of benzene rings is 2. The first-order chi connectivity index (χ1) is 14.3. The second-order valence-electron chi connectivity index (χ2n) is 7.39. The molecule has 162 valence electrons. The van der Waals surface area contributed by atoms with E-state index in [0.717, 1.165) is 27.3 Å². The Kier molecular flexibility index (Phi) is 8.83. The van der Waals surface area contributed by atoms with E-state index in [4.69, 9.17) is 9.47 Å². The summed E-state index contributed by atoms with van der Waals surface area (Å²) in [5, 5.41) is 5.85. The normalized spacial score (nSPS) is 11.6. The summed E-state index contributed by atoms with van der Waals surface area (Å²) in [6.45, 7) is 7.22. The molecule has 1 unspecified atom stereocenters. The number of anilines is 2. The maximum absolute atomic E-state index is 12.6. The molecule has 0 fully saturated rings. The highest BCUT2D eigenvalue weighted by Gasteiger charge is 2.20. The Balaban J connectivity index is 2.02. The average Bonchev–Trinajstić information content (AvgIpc) is 2.69. The van der Waals surface area contributed by atoms with Gasteiger partial charge >= 0.3 is 0 Å². The molecule has 0 aromatic heterocycles. The first-order valence-corrected chi connectivity index (χ1v) is 9.97. The van der Waals surface area contributed by atoms with E-state index >= 15 is 0 Å². The van der Waals surface area contributed by atoms with Crippen LogP contribution in [-0.2, 0) is 14.3 Å². The minimum Gasteiger partial charge on any atom is -0.495 e. The van der Waals surface area contributed by atoms with Gasteiger partial charge in [-0.2, -0.15) is 0 Å². The Morgan fingerprint density at radius 1 is 0.933 bits per heavy atom. The van der Waals surface area contributed by atoms with Crippen molar-refractivity contribution in [3.8, 4) is 5.75 Å². The lowest BCUT2D eigenvalue weighted by atomic mass is 10.1. The summed E-state index contributed by atoms with van der Waals surface area (Å²) in [5.74, 6) is 0.264. The van der Waals surface area contributed by atoms with Gasteiger partial charge in [-0.05, 0) is 55.7 Å². The highest BCUT2D eigenvalue weighted by atomic mass is 16.5. The molecule has 0 heterocycles. The number of carbonyl (C=O) groups is 2. The van der Waals surface area contributed by atoms with Gasteiger partial charge in [-0.3, -0.25) is 9.59 Å². The Morgan fingerprint density at radius 3 is 2.23 bits per heavy atom. The summed E-state index contributed by atoms with van der Waals surface area (Å²) in [7, 11) is 3.17. The quantitative estimate of drug-likeness (QED) is 0.553. The lowest BCUT2D eigenvalue weighted by Crippen LogP contribution is -3.14. The number of amides is 2. The van der Waals surface area contributed by atoms with E-state index < -0.39 is 0 Å². The largest absolute Gasteiger partial charge is 0.495 e. The minimum atomic E-state index is -0.190. The summed E-state index contributed by atoms with van der Waals surface area (Å²) in [6.07, 6.45) is 0. The fourth-order valence-corrected chi connectivity index (χ4v) is 3.13. The van der Waals surface area contributed by atoms with Gasteiger partial charge in [-0.15, -0.1) is 0 Å². The lowest BCUT2D eigenvalue weighted by molar-refractivity contribution is -0.883. The number of aryl methyl sites for hydroxylation is 2. The number of hydrogen-bond acceptors (Lipinski definition) is 4. The molecule has 0 aliphatic carbocycles. The van der Waals surface area contributed by atoms with Gasteiger partial charge in [0.2, 0.25) is 0 Å². The molecule has 2 rings (SSSR count). The summed E-state index contributed by atoms with van der Waals surface area (Å²) in [6, 6.07) is 11.4. The van der Waals surface area contributed by atoms with Crippen molar-refractivity contribution in [2.75, 3.05) is 51.1 Å². The molecule has 0 radical (unpaired) electrons. The Hall–Kier alpha value is -2.90. The monoisotopic (exact) mass is 414 g/mol. The number of methoxy groups -OCH3 is 2. The summed E-state index contributed by atoms with van der Waals surface area (Å²) >= 11 is 0. The second kappa shape index (κ2) is 11.3. The smallest absolute Gasteiger partial charge is 0.279 e. The molecule has 7 heteroatoms. The molecule has 30 heavy (non-hydrogen) atoms. The zero-order chi connectivity index (χ0) is 22.1. The van der Waals surface area contributed by atoms with Crippen LogP contribution < -0.4 is 20.3 Å². The molecule has 2 aromatic carbocycles. The molecule has 7 nitrogen and oxygen atoms in total. The molecule has 0 aliphatic heterocycles. The Labute approximate surface area is 178 Å². The SMILES string of the molecule is COCC[NH+](CC(=O)Nc1cc(C)ccc1OC)CC(=O)Nc1cccc(C)c1C. The van der Waals surface area contributed by atoms with Crippen molar-refractivity contribution in [2.45, 2.75) is 20.8 Å². The molecule has 0 bridgehead atoms. The van der Waals surface area contributed by atoms with Crippen molar-refractivity contribution < 1.29 is 24.0 Å². The second-order valence-corrected chi connectivity index (χ2v) is 7.39. The molecular weight excluding hydrogens is 382 g/mol. The van der Waals surface area contributed by atoms with E-state index in [2.05, 4.69) is 10.6 Å². The van der Waals surface area contributed by atoms with Gasteiger partial charge in [-0.25, -0.2) is 0 Å². The van der Waals surface area contributed by atoms with Gasteiger partial charge in [0.15, 0.2) is 13.1 Å². The van der Waals surface area contributed by atoms with Crippen LogP contribution in [-0.4, -0.2) is 52.3 Å². The van der Waals surface area contributed by atoms with Crippen molar-refractivity contribution in [1.82, 2.24) is 0 Å². The van der Waals surface area contributed by atoms with E-state index in [-0.39, 0.29) is 24.9 Å². The van der Waals surface area contributed by atoms with Gasteiger partial charge in [0.25, 0.3) is 11.8 Å². The van der Waals surface area contributed by atoms with Crippen LogP contribution in [0.1, 0.15) is 16.7 Å². The summed E-state index contributed by atoms with van der Waals surface area (Å²) < 4.78 is 10.5. The maximum Gasteiger partial charge on any atom is 0.279 e. The van der Waals surface area contributed by atoms with E-state index in [9.17, 15) is 9.59 Å². The van der Waals surface area contributed by atoms with Crippen molar-refractivity contribution in [3.63, 3.8) is 0 Å². The molecule has 0 saturated carbocycles. The van der Waals surface area contributed by atoms with Crippen LogP contribution in [0.2, 0.25) is 0 Å². The van der Waals surface area contributed by atoms with Crippen LogP contribution in [0.25, 0.3) is 0 Å². The lowest BCUT2D eigenvalue weighted by Gasteiger charge is -2.19. The Morgan fingerprint density at radius 2 is 1.60 bits per heavy atom.